The van der Waals surface area contributed by atoms with Gasteiger partial charge in [0.1, 0.15) is 17.8 Å². The third-order valence-corrected chi connectivity index (χ3v) is 7.79. The molecule has 4 heterocycles. The minimum Gasteiger partial charge on any atom is -0.368 e. The lowest BCUT2D eigenvalue weighted by atomic mass is 9.88. The quantitative estimate of drug-likeness (QED) is 0.479. The summed E-state index contributed by atoms with van der Waals surface area (Å²) in [6.07, 6.45) is 0.705. The summed E-state index contributed by atoms with van der Waals surface area (Å²) in [5, 5.41) is 5.79. The van der Waals surface area contributed by atoms with E-state index in [4.69, 9.17) is 0 Å². The van der Waals surface area contributed by atoms with E-state index in [2.05, 4.69) is 35.4 Å². The van der Waals surface area contributed by atoms with Gasteiger partial charge in [-0.2, -0.15) is 0 Å². The van der Waals surface area contributed by atoms with Crippen LogP contribution < -0.4 is 20.4 Å². The monoisotopic (exact) mass is 554 g/mol. The van der Waals surface area contributed by atoms with E-state index in [-0.39, 0.29) is 24.2 Å². The minimum atomic E-state index is -2.70. The van der Waals surface area contributed by atoms with Gasteiger partial charge in [0.05, 0.1) is 28.0 Å². The Labute approximate surface area is 228 Å². The highest BCUT2D eigenvalue weighted by atomic mass is 19.3. The Morgan fingerprint density at radius 3 is 2.60 bits per heavy atom. The number of hydrogen-bond donors (Lipinski definition) is 2. The van der Waals surface area contributed by atoms with Crippen LogP contribution in [-0.4, -0.2) is 76.5 Å². The second-order valence-corrected chi connectivity index (χ2v) is 10.5. The number of alkyl halides is 2. The zero-order valence-corrected chi connectivity index (χ0v) is 22.2. The molecule has 3 amide bonds. The number of amides is 3. The average molecular weight is 555 g/mol. The Balaban J connectivity index is 1.12. The van der Waals surface area contributed by atoms with E-state index < -0.39 is 29.7 Å². The van der Waals surface area contributed by atoms with E-state index >= 15 is 4.39 Å². The Hall–Kier alpha value is -4.00. The summed E-state index contributed by atoms with van der Waals surface area (Å²) in [6, 6.07) is 4.22. The zero-order chi connectivity index (χ0) is 28.2. The molecule has 210 valence electrons. The van der Waals surface area contributed by atoms with Gasteiger partial charge in [0.25, 0.3) is 11.8 Å². The number of nitrogens with one attached hydrogen (secondary N) is 2. The fraction of sp³-hybridized carbons (Fsp3) is 0.444. The molecule has 1 aliphatic carbocycles. The van der Waals surface area contributed by atoms with Crippen molar-refractivity contribution in [2.24, 2.45) is 0 Å². The van der Waals surface area contributed by atoms with Gasteiger partial charge in [-0.3, -0.25) is 14.6 Å². The molecule has 3 aromatic rings. The number of carbonyl (C=O) groups is 2. The molecular weight excluding hydrogens is 525 g/mol. The SMILES string of the molecule is CCN1C(=O)Nc2c(F)c(CN3CCN(c4ccc(C(=O)NC5CC(F)(F)C5)nc4C)CC3)cc3ncnc1c23. The number of pyridine rings is 1. The van der Waals surface area contributed by atoms with Crippen molar-refractivity contribution < 1.29 is 22.8 Å². The number of aryl methyl sites for hydroxylation is 1. The molecular formula is C27H29F3N8O2. The summed E-state index contributed by atoms with van der Waals surface area (Å²) in [6.45, 7) is 7.06. The standard InChI is InChI=1S/C27H29F3N8O2/c1-3-38-24-21-19(31-14-32-24)10-16(22(28)23(21)35-26(38)40)13-36-6-8-37(9-7-36)20-5-4-18(33-15(20)2)25(39)34-17-11-27(29,30)12-17/h4-5,10,14,17H,3,6-9,11-13H2,1-2H3,(H,34,39)(H,35,40). The third-order valence-electron chi connectivity index (χ3n) is 7.79. The van der Waals surface area contributed by atoms with E-state index in [1.54, 1.807) is 12.1 Å². The molecule has 6 rings (SSSR count). The van der Waals surface area contributed by atoms with Crippen LogP contribution in [-0.2, 0) is 6.54 Å². The Kier molecular flexibility index (Phi) is 6.48. The number of benzene rings is 1. The van der Waals surface area contributed by atoms with Crippen LogP contribution in [0.25, 0.3) is 10.9 Å². The van der Waals surface area contributed by atoms with Crippen LogP contribution in [0, 0.1) is 12.7 Å². The first-order chi connectivity index (χ1) is 19.1. The molecule has 2 fully saturated rings. The van der Waals surface area contributed by atoms with Crippen molar-refractivity contribution in [2.75, 3.05) is 47.8 Å². The fourth-order valence-electron chi connectivity index (χ4n) is 5.66. The van der Waals surface area contributed by atoms with Crippen LogP contribution >= 0.6 is 0 Å². The highest BCUT2D eigenvalue weighted by Gasteiger charge is 2.46. The molecule has 13 heteroatoms. The topological polar surface area (TPSA) is 107 Å². The van der Waals surface area contributed by atoms with Crippen molar-refractivity contribution in [2.45, 2.75) is 45.2 Å². The number of aromatic nitrogens is 3. The molecule has 0 spiro atoms. The summed E-state index contributed by atoms with van der Waals surface area (Å²) in [5.74, 6) is -3.22. The van der Waals surface area contributed by atoms with Crippen molar-refractivity contribution >= 4 is 40.0 Å². The molecule has 10 nitrogen and oxygen atoms in total. The average Bonchev–Trinajstić information content (AvgIpc) is 2.91. The molecule has 40 heavy (non-hydrogen) atoms. The number of nitrogens with zero attached hydrogens (tertiary/aromatic N) is 6. The minimum absolute atomic E-state index is 0.119. The molecule has 3 aliphatic rings. The van der Waals surface area contributed by atoms with Gasteiger partial charge < -0.3 is 15.5 Å². The van der Waals surface area contributed by atoms with Gasteiger partial charge in [-0.1, -0.05) is 0 Å². The number of rotatable bonds is 6. The van der Waals surface area contributed by atoms with E-state index in [1.165, 1.54) is 11.2 Å². The number of piperazine rings is 1. The first kappa shape index (κ1) is 26.2. The van der Waals surface area contributed by atoms with Gasteiger partial charge in [0.2, 0.25) is 0 Å². The maximum Gasteiger partial charge on any atom is 0.327 e. The Morgan fingerprint density at radius 2 is 1.93 bits per heavy atom. The molecule has 2 aliphatic heterocycles. The lowest BCUT2D eigenvalue weighted by Crippen LogP contribution is -2.50. The van der Waals surface area contributed by atoms with E-state index in [9.17, 15) is 18.4 Å². The molecule has 1 aromatic carbocycles. The number of hydrogen-bond acceptors (Lipinski definition) is 7. The zero-order valence-electron chi connectivity index (χ0n) is 22.2. The van der Waals surface area contributed by atoms with Gasteiger partial charge in [-0.25, -0.2) is 32.9 Å². The second-order valence-electron chi connectivity index (χ2n) is 10.5. The molecule has 0 bridgehead atoms. The molecule has 0 unspecified atom stereocenters. The van der Waals surface area contributed by atoms with Gasteiger partial charge in [-0.15, -0.1) is 0 Å². The summed E-state index contributed by atoms with van der Waals surface area (Å²) >= 11 is 0. The molecule has 1 saturated carbocycles. The number of urea groups is 1. The lowest BCUT2D eigenvalue weighted by molar-refractivity contribution is -0.0901. The van der Waals surface area contributed by atoms with Gasteiger partial charge >= 0.3 is 6.03 Å². The van der Waals surface area contributed by atoms with Crippen molar-refractivity contribution in [1.29, 1.82) is 0 Å². The Morgan fingerprint density at radius 1 is 1.18 bits per heavy atom. The third kappa shape index (κ3) is 4.67. The van der Waals surface area contributed by atoms with Crippen molar-refractivity contribution in [3.63, 3.8) is 0 Å². The van der Waals surface area contributed by atoms with Crippen molar-refractivity contribution in [3.8, 4) is 0 Å². The molecule has 0 atom stereocenters. The summed E-state index contributed by atoms with van der Waals surface area (Å²) in [5.41, 5.74) is 2.90. The number of halogens is 3. The Bertz CT molecular complexity index is 1500. The lowest BCUT2D eigenvalue weighted by Gasteiger charge is -2.37. The van der Waals surface area contributed by atoms with Crippen LogP contribution in [0.5, 0.6) is 0 Å². The first-order valence-electron chi connectivity index (χ1n) is 13.3. The predicted molar refractivity (Wildman–Crippen MR) is 143 cm³/mol. The maximum absolute atomic E-state index is 15.6. The van der Waals surface area contributed by atoms with E-state index in [0.29, 0.717) is 67.2 Å². The van der Waals surface area contributed by atoms with Gasteiger partial charge in [-0.05, 0) is 32.0 Å². The van der Waals surface area contributed by atoms with Crippen LogP contribution in [0.1, 0.15) is 41.5 Å². The molecule has 2 N–H and O–H groups in total. The van der Waals surface area contributed by atoms with Gasteiger partial charge in [0, 0.05) is 63.7 Å². The largest absolute Gasteiger partial charge is 0.368 e. The summed E-state index contributed by atoms with van der Waals surface area (Å²) < 4.78 is 41.8. The molecule has 1 saturated heterocycles. The fourth-order valence-corrected chi connectivity index (χ4v) is 5.66. The van der Waals surface area contributed by atoms with Gasteiger partial charge in [0.15, 0.2) is 5.82 Å². The predicted octanol–water partition coefficient (Wildman–Crippen LogP) is 3.69. The highest BCUT2D eigenvalue weighted by Crippen LogP contribution is 2.39. The van der Waals surface area contributed by atoms with Crippen LogP contribution in [0.15, 0.2) is 24.5 Å². The first-order valence-corrected chi connectivity index (χ1v) is 13.3. The van der Waals surface area contributed by atoms with Crippen LogP contribution in [0.3, 0.4) is 0 Å². The van der Waals surface area contributed by atoms with E-state index in [0.717, 1.165) is 5.69 Å². The number of anilines is 3. The summed E-state index contributed by atoms with van der Waals surface area (Å²) in [4.78, 5) is 43.7. The van der Waals surface area contributed by atoms with Crippen LogP contribution in [0.2, 0.25) is 0 Å². The molecule has 0 radical (unpaired) electrons. The smallest absolute Gasteiger partial charge is 0.327 e. The van der Waals surface area contributed by atoms with Crippen LogP contribution in [0.4, 0.5) is 35.2 Å². The second kappa shape index (κ2) is 9.88. The van der Waals surface area contributed by atoms with E-state index in [1.807, 2.05) is 19.9 Å². The van der Waals surface area contributed by atoms with Crippen molar-refractivity contribution in [1.82, 2.24) is 25.2 Å². The maximum atomic E-state index is 15.6. The highest BCUT2D eigenvalue weighted by molar-refractivity contribution is 6.17. The number of carbonyl (C=O) groups excluding carboxylic acids is 2. The summed E-state index contributed by atoms with van der Waals surface area (Å²) in [7, 11) is 0. The van der Waals surface area contributed by atoms with Crippen molar-refractivity contribution in [3.05, 3.63) is 47.3 Å². The molecule has 2 aromatic heterocycles. The normalized spacial score (nSPS) is 19.0.